The van der Waals surface area contributed by atoms with Gasteiger partial charge >= 0.3 is 17.9 Å². The Kier molecular flexibility index (Phi) is 10.6. The number of hydrogen-bond acceptors (Lipinski definition) is 9. The Morgan fingerprint density at radius 1 is 0.900 bits per heavy atom. The highest BCUT2D eigenvalue weighted by Gasteiger charge is 2.38. The van der Waals surface area contributed by atoms with Crippen molar-refractivity contribution in [3.63, 3.8) is 0 Å². The van der Waals surface area contributed by atoms with Crippen molar-refractivity contribution < 1.29 is 49.6 Å². The summed E-state index contributed by atoms with van der Waals surface area (Å²) in [5, 5.41) is 57.5. The molecule has 7 N–H and O–H groups in total. The fourth-order valence-electron chi connectivity index (χ4n) is 3.46. The van der Waals surface area contributed by atoms with E-state index >= 15 is 0 Å². The smallest absolute Gasteiger partial charge is 0.361 e. The highest BCUT2D eigenvalue weighted by molar-refractivity contribution is 5.69. The number of carboxylic acid groups (broad SMARTS) is 3. The second-order valence-electron chi connectivity index (χ2n) is 7.65. The monoisotopic (exact) mass is 437 g/mol. The molecule has 4 atom stereocenters. The van der Waals surface area contributed by atoms with Gasteiger partial charge in [0.25, 0.3) is 0 Å². The zero-order valence-corrected chi connectivity index (χ0v) is 17.1. The van der Waals surface area contributed by atoms with E-state index in [9.17, 15) is 34.8 Å². The highest BCUT2D eigenvalue weighted by atomic mass is 16.4. The van der Waals surface area contributed by atoms with Crippen LogP contribution in [0.2, 0.25) is 0 Å². The van der Waals surface area contributed by atoms with Gasteiger partial charge in [0.05, 0.1) is 32.3 Å². The summed E-state index contributed by atoms with van der Waals surface area (Å²) in [6.07, 6.45) is -4.17. The Morgan fingerprint density at radius 3 is 1.90 bits per heavy atom. The van der Waals surface area contributed by atoms with Crippen molar-refractivity contribution in [1.82, 2.24) is 15.2 Å². The first-order chi connectivity index (χ1) is 13.9. The van der Waals surface area contributed by atoms with Crippen molar-refractivity contribution in [3.05, 3.63) is 0 Å². The van der Waals surface area contributed by atoms with E-state index in [0.717, 1.165) is 0 Å². The molecule has 30 heavy (non-hydrogen) atoms. The second-order valence-corrected chi connectivity index (χ2v) is 7.65. The first-order valence-electron chi connectivity index (χ1n) is 9.69. The predicted molar refractivity (Wildman–Crippen MR) is 102 cm³/mol. The molecule has 1 saturated heterocycles. The number of aliphatic carboxylic acids is 3. The molecule has 0 aromatic heterocycles. The van der Waals surface area contributed by atoms with Crippen molar-refractivity contribution in [2.45, 2.75) is 25.2 Å². The van der Waals surface area contributed by atoms with Gasteiger partial charge in [-0.25, -0.2) is 9.39 Å². The van der Waals surface area contributed by atoms with E-state index < -0.39 is 42.8 Å². The first-order valence-corrected chi connectivity index (χ1v) is 9.69. The molecule has 0 aliphatic carbocycles. The molecular formula is C17H33N4O9+. The van der Waals surface area contributed by atoms with Gasteiger partial charge in [0.1, 0.15) is 25.3 Å². The van der Waals surface area contributed by atoms with Gasteiger partial charge in [-0.05, 0) is 6.92 Å². The topological polar surface area (TPSA) is 191 Å². The molecule has 174 valence electrons. The number of nitrogens with one attached hydrogen (secondary N) is 1. The fraction of sp³-hybridized carbons (Fsp3) is 0.824. The second kappa shape index (κ2) is 12.1. The Bertz CT molecular complexity index is 592. The largest absolute Gasteiger partial charge is 0.480 e. The number of quaternary nitrogens is 1. The molecule has 0 aromatic rings. The van der Waals surface area contributed by atoms with Crippen LogP contribution in [0, 0.1) is 0 Å². The van der Waals surface area contributed by atoms with E-state index in [1.165, 1.54) is 6.92 Å². The van der Waals surface area contributed by atoms with Crippen LogP contribution in [0.25, 0.3) is 0 Å². The van der Waals surface area contributed by atoms with Gasteiger partial charge < -0.3 is 30.6 Å². The van der Waals surface area contributed by atoms with Crippen molar-refractivity contribution in [1.29, 1.82) is 0 Å². The van der Waals surface area contributed by atoms with Crippen LogP contribution in [0.1, 0.15) is 6.92 Å². The summed E-state index contributed by atoms with van der Waals surface area (Å²) >= 11 is 0. The number of aliphatic hydroxyl groups excluding tert-OH is 3. The Hall–Kier alpha value is -1.87. The van der Waals surface area contributed by atoms with Crippen LogP contribution < -0.4 is 5.43 Å². The first kappa shape index (κ1) is 26.2. The average Bonchev–Trinajstić information content (AvgIpc) is 2.61. The maximum Gasteiger partial charge on any atom is 0.361 e. The number of carboxylic acids is 3. The third kappa shape index (κ3) is 9.30. The van der Waals surface area contributed by atoms with Crippen molar-refractivity contribution in [3.8, 4) is 0 Å². The van der Waals surface area contributed by atoms with E-state index in [1.54, 1.807) is 9.80 Å². The fourth-order valence-corrected chi connectivity index (χ4v) is 3.46. The number of rotatable bonds is 10. The molecule has 0 saturated carbocycles. The minimum atomic E-state index is -1.50. The summed E-state index contributed by atoms with van der Waals surface area (Å²) < 4.78 is -0.378. The third-order valence-electron chi connectivity index (χ3n) is 5.03. The van der Waals surface area contributed by atoms with E-state index in [1.807, 2.05) is 0 Å². The Morgan fingerprint density at radius 2 is 1.43 bits per heavy atom. The van der Waals surface area contributed by atoms with Gasteiger partial charge in [0.2, 0.25) is 0 Å². The summed E-state index contributed by atoms with van der Waals surface area (Å²) in [7, 11) is 0. The van der Waals surface area contributed by atoms with Crippen LogP contribution >= 0.6 is 0 Å². The maximum atomic E-state index is 11.5. The standard InChI is InChI=1S/C17H32N4O9/c1-12(22)17(30)13(23)10-21(11-16(28)29)7-6-20(9-15(26)27)5-4-19(3-2-18-21)8-14(24)25/h12-13,17-18,22-23,30H,2-11H2,1H3,(H2-,24,25,26,27,28,29)/p+1. The molecule has 0 bridgehead atoms. The van der Waals surface area contributed by atoms with Crippen molar-refractivity contribution in [2.75, 3.05) is 65.4 Å². The third-order valence-corrected chi connectivity index (χ3v) is 5.03. The molecule has 1 fully saturated rings. The van der Waals surface area contributed by atoms with Gasteiger partial charge in [-0.1, -0.05) is 0 Å². The van der Waals surface area contributed by atoms with E-state index in [-0.39, 0.29) is 57.0 Å². The SMILES string of the molecule is CC(O)C(O)C(O)C[N+]1(CC(=O)O)CCN(CC(=O)O)CCN(CC(=O)O)CCN1. The van der Waals surface area contributed by atoms with Gasteiger partial charge in [0, 0.05) is 19.6 Å². The number of hydrogen-bond donors (Lipinski definition) is 7. The number of carbonyl (C=O) groups is 3. The zero-order chi connectivity index (χ0) is 22.9. The van der Waals surface area contributed by atoms with Crippen LogP contribution in [0.3, 0.4) is 0 Å². The van der Waals surface area contributed by atoms with Gasteiger partial charge in [0.15, 0.2) is 6.54 Å². The van der Waals surface area contributed by atoms with Crippen LogP contribution in [-0.4, -0.2) is 147 Å². The molecule has 0 amide bonds. The lowest BCUT2D eigenvalue weighted by molar-refractivity contribution is -0.965. The summed E-state index contributed by atoms with van der Waals surface area (Å²) in [5.41, 5.74) is 3.03. The minimum absolute atomic E-state index is 0.113. The van der Waals surface area contributed by atoms with Crippen LogP contribution in [-0.2, 0) is 14.4 Å². The normalized spacial score (nSPS) is 25.2. The maximum absolute atomic E-state index is 11.5. The summed E-state index contributed by atoms with van der Waals surface area (Å²) in [5.74, 6) is -3.30. The molecule has 1 rings (SSSR count). The van der Waals surface area contributed by atoms with Gasteiger partial charge in [-0.3, -0.25) is 19.4 Å². The highest BCUT2D eigenvalue weighted by Crippen LogP contribution is 2.11. The quantitative estimate of drug-likeness (QED) is 0.166. The molecule has 4 unspecified atom stereocenters. The molecule has 0 spiro atoms. The van der Waals surface area contributed by atoms with E-state index in [4.69, 9.17) is 10.2 Å². The van der Waals surface area contributed by atoms with Crippen molar-refractivity contribution in [2.24, 2.45) is 0 Å². The molecule has 1 aliphatic rings. The lowest BCUT2D eigenvalue weighted by Gasteiger charge is -2.41. The minimum Gasteiger partial charge on any atom is -0.480 e. The Labute approximate surface area is 174 Å². The summed E-state index contributed by atoms with van der Waals surface area (Å²) in [4.78, 5) is 37.0. The summed E-state index contributed by atoms with van der Waals surface area (Å²) in [6, 6.07) is 0. The summed E-state index contributed by atoms with van der Waals surface area (Å²) in [6.45, 7) is 1.32. The molecule has 0 aromatic carbocycles. The molecule has 0 radical (unpaired) electrons. The number of nitrogens with zero attached hydrogens (tertiary/aromatic N) is 3. The predicted octanol–water partition coefficient (Wildman–Crippen LogP) is -3.72. The number of aliphatic hydroxyl groups is 3. The van der Waals surface area contributed by atoms with Crippen LogP contribution in [0.4, 0.5) is 0 Å². The average molecular weight is 437 g/mol. The lowest BCUT2D eigenvalue weighted by atomic mass is 10.1. The van der Waals surface area contributed by atoms with E-state index in [0.29, 0.717) is 6.54 Å². The molecule has 1 aliphatic heterocycles. The zero-order valence-electron chi connectivity index (χ0n) is 17.1. The lowest BCUT2D eigenvalue weighted by Crippen LogP contribution is -2.68. The van der Waals surface area contributed by atoms with Crippen molar-refractivity contribution >= 4 is 17.9 Å². The van der Waals surface area contributed by atoms with Crippen LogP contribution in [0.15, 0.2) is 0 Å². The van der Waals surface area contributed by atoms with Gasteiger partial charge in [-0.2, -0.15) is 5.43 Å². The molecule has 1 heterocycles. The Balaban J connectivity index is 3.11. The molecule has 13 heteroatoms. The molecular weight excluding hydrogens is 404 g/mol. The van der Waals surface area contributed by atoms with E-state index in [2.05, 4.69) is 5.43 Å². The van der Waals surface area contributed by atoms with Gasteiger partial charge in [-0.15, -0.1) is 0 Å². The molecule has 13 nitrogen and oxygen atoms in total. The van der Waals surface area contributed by atoms with Crippen LogP contribution in [0.5, 0.6) is 0 Å².